The van der Waals surface area contributed by atoms with Crippen LogP contribution in [0.15, 0.2) is 18.2 Å². The van der Waals surface area contributed by atoms with Crippen LogP contribution >= 0.6 is 11.6 Å². The Morgan fingerprint density at radius 3 is 2.79 bits per heavy atom. The van der Waals surface area contributed by atoms with E-state index in [1.165, 1.54) is 6.07 Å². The van der Waals surface area contributed by atoms with Gasteiger partial charge in [-0.25, -0.2) is 4.39 Å². The van der Waals surface area contributed by atoms with Crippen LogP contribution in [0.3, 0.4) is 0 Å². The lowest BCUT2D eigenvalue weighted by molar-refractivity contribution is 0.328. The van der Waals surface area contributed by atoms with Gasteiger partial charge in [0.15, 0.2) is 0 Å². The molecule has 1 heterocycles. The molecule has 1 aromatic carbocycles. The molecule has 0 bridgehead atoms. The third-order valence-electron chi connectivity index (χ3n) is 2.69. The topological polar surface area (TPSA) is 12.0 Å². The second kappa shape index (κ2) is 4.28. The molecule has 0 atom stereocenters. The molecule has 1 aliphatic heterocycles. The van der Waals surface area contributed by atoms with E-state index in [0.29, 0.717) is 0 Å². The zero-order valence-electron chi connectivity index (χ0n) is 7.89. The summed E-state index contributed by atoms with van der Waals surface area (Å²) in [4.78, 5) is 0. The van der Waals surface area contributed by atoms with Crippen molar-refractivity contribution in [1.29, 1.82) is 0 Å². The van der Waals surface area contributed by atoms with Gasteiger partial charge in [-0.3, -0.25) is 0 Å². The average molecular weight is 214 g/mol. The van der Waals surface area contributed by atoms with Crippen molar-refractivity contribution >= 4 is 11.6 Å². The van der Waals surface area contributed by atoms with E-state index in [4.69, 9.17) is 11.6 Å². The predicted molar refractivity (Wildman–Crippen MR) is 56.1 cm³/mol. The fourth-order valence-corrected chi connectivity index (χ4v) is 1.82. The molecule has 1 saturated heterocycles. The molecular weight excluding hydrogens is 201 g/mol. The molecular formula is C11H13ClFN. The highest BCUT2D eigenvalue weighted by Crippen LogP contribution is 2.19. The second-order valence-electron chi connectivity index (χ2n) is 3.81. The maximum Gasteiger partial charge on any atom is 0.141 e. The molecule has 76 valence electrons. The molecule has 1 nitrogen and oxygen atoms in total. The SMILES string of the molecule is Fc1ccc(CCC2CNC2)cc1Cl. The number of benzene rings is 1. The summed E-state index contributed by atoms with van der Waals surface area (Å²) in [6.07, 6.45) is 2.15. The van der Waals surface area contributed by atoms with Crippen LogP contribution in [0.4, 0.5) is 4.39 Å². The van der Waals surface area contributed by atoms with Crippen LogP contribution in [0.5, 0.6) is 0 Å². The Hall–Kier alpha value is -0.600. The van der Waals surface area contributed by atoms with Gasteiger partial charge in [0.05, 0.1) is 5.02 Å². The van der Waals surface area contributed by atoms with Crippen molar-refractivity contribution in [1.82, 2.24) is 5.32 Å². The van der Waals surface area contributed by atoms with Gasteiger partial charge in [0, 0.05) is 0 Å². The minimum Gasteiger partial charge on any atom is -0.316 e. The quantitative estimate of drug-likeness (QED) is 0.814. The number of aryl methyl sites for hydroxylation is 1. The third-order valence-corrected chi connectivity index (χ3v) is 2.98. The molecule has 0 spiro atoms. The Balaban J connectivity index is 1.91. The van der Waals surface area contributed by atoms with Crippen LogP contribution in [0, 0.1) is 11.7 Å². The largest absolute Gasteiger partial charge is 0.316 e. The Kier molecular flexibility index (Phi) is 3.04. The van der Waals surface area contributed by atoms with Crippen LogP contribution in [0.2, 0.25) is 5.02 Å². The van der Waals surface area contributed by atoms with Gasteiger partial charge in [0.25, 0.3) is 0 Å². The smallest absolute Gasteiger partial charge is 0.141 e. The first-order chi connectivity index (χ1) is 6.75. The summed E-state index contributed by atoms with van der Waals surface area (Å²) in [5.74, 6) is 0.458. The summed E-state index contributed by atoms with van der Waals surface area (Å²) in [7, 11) is 0. The molecule has 0 radical (unpaired) electrons. The molecule has 0 unspecified atom stereocenters. The summed E-state index contributed by atoms with van der Waals surface area (Å²) in [5.41, 5.74) is 1.13. The standard InChI is InChI=1S/C11H13ClFN/c12-10-5-8(3-4-11(10)13)1-2-9-6-14-7-9/h3-5,9,14H,1-2,6-7H2. The van der Waals surface area contributed by atoms with Crippen LogP contribution < -0.4 is 5.32 Å². The van der Waals surface area contributed by atoms with Crippen LogP contribution in [0.25, 0.3) is 0 Å². The van der Waals surface area contributed by atoms with Crippen LogP contribution in [0.1, 0.15) is 12.0 Å². The van der Waals surface area contributed by atoms with E-state index < -0.39 is 0 Å². The lowest BCUT2D eigenvalue weighted by Gasteiger charge is -2.26. The van der Waals surface area contributed by atoms with Gasteiger partial charge in [-0.2, -0.15) is 0 Å². The highest BCUT2D eigenvalue weighted by molar-refractivity contribution is 6.30. The van der Waals surface area contributed by atoms with E-state index in [9.17, 15) is 4.39 Å². The zero-order chi connectivity index (χ0) is 9.97. The molecule has 3 heteroatoms. The summed E-state index contributed by atoms with van der Waals surface area (Å²) in [5, 5.41) is 3.46. The minimum atomic E-state index is -0.333. The third kappa shape index (κ3) is 2.25. The number of rotatable bonds is 3. The summed E-state index contributed by atoms with van der Waals surface area (Å²) in [6, 6.07) is 4.98. The van der Waals surface area contributed by atoms with Gasteiger partial charge in [-0.05, 0) is 49.5 Å². The second-order valence-corrected chi connectivity index (χ2v) is 4.22. The van der Waals surface area contributed by atoms with Gasteiger partial charge in [0.1, 0.15) is 5.82 Å². The summed E-state index contributed by atoms with van der Waals surface area (Å²) >= 11 is 5.69. The lowest BCUT2D eigenvalue weighted by Crippen LogP contribution is -2.42. The van der Waals surface area contributed by atoms with Crippen molar-refractivity contribution in [2.45, 2.75) is 12.8 Å². The van der Waals surface area contributed by atoms with Gasteiger partial charge in [-0.1, -0.05) is 17.7 Å². The fourth-order valence-electron chi connectivity index (χ4n) is 1.62. The fraction of sp³-hybridized carbons (Fsp3) is 0.455. The first-order valence-corrected chi connectivity index (χ1v) is 5.28. The molecule has 1 N–H and O–H groups in total. The Morgan fingerprint density at radius 1 is 1.43 bits per heavy atom. The van der Waals surface area contributed by atoms with Crippen molar-refractivity contribution in [3.63, 3.8) is 0 Å². The Bertz CT molecular complexity index is 323. The van der Waals surface area contributed by atoms with Gasteiger partial charge >= 0.3 is 0 Å². The maximum atomic E-state index is 12.8. The maximum absolute atomic E-state index is 12.8. The van der Waals surface area contributed by atoms with Crippen molar-refractivity contribution in [3.05, 3.63) is 34.6 Å². The number of halogens is 2. The van der Waals surface area contributed by atoms with Crippen LogP contribution in [-0.4, -0.2) is 13.1 Å². The molecule has 0 amide bonds. The first-order valence-electron chi connectivity index (χ1n) is 4.90. The van der Waals surface area contributed by atoms with Gasteiger partial charge in [-0.15, -0.1) is 0 Å². The van der Waals surface area contributed by atoms with E-state index >= 15 is 0 Å². The molecule has 1 aliphatic rings. The molecule has 1 aromatic rings. The van der Waals surface area contributed by atoms with E-state index in [1.807, 2.05) is 6.07 Å². The molecule has 0 aliphatic carbocycles. The molecule has 0 saturated carbocycles. The molecule has 2 rings (SSSR count). The summed E-state index contributed by atoms with van der Waals surface area (Å²) in [6.45, 7) is 2.24. The van der Waals surface area contributed by atoms with Gasteiger partial charge in [0.2, 0.25) is 0 Å². The average Bonchev–Trinajstić information content (AvgIpc) is 2.08. The van der Waals surface area contributed by atoms with E-state index in [0.717, 1.165) is 37.4 Å². The normalized spacial score (nSPS) is 16.7. The highest BCUT2D eigenvalue weighted by atomic mass is 35.5. The van der Waals surface area contributed by atoms with Crippen molar-refractivity contribution < 1.29 is 4.39 Å². The number of hydrogen-bond donors (Lipinski definition) is 1. The van der Waals surface area contributed by atoms with E-state index in [2.05, 4.69) is 5.32 Å². The summed E-state index contributed by atoms with van der Waals surface area (Å²) < 4.78 is 12.8. The minimum absolute atomic E-state index is 0.231. The molecule has 14 heavy (non-hydrogen) atoms. The van der Waals surface area contributed by atoms with Crippen molar-refractivity contribution in [3.8, 4) is 0 Å². The predicted octanol–water partition coefficient (Wildman–Crippen LogP) is 2.63. The highest BCUT2D eigenvalue weighted by Gasteiger charge is 2.16. The van der Waals surface area contributed by atoms with Crippen molar-refractivity contribution in [2.24, 2.45) is 5.92 Å². The first kappa shape index (κ1) is 9.94. The molecule has 1 fully saturated rings. The van der Waals surface area contributed by atoms with E-state index in [-0.39, 0.29) is 10.8 Å². The number of hydrogen-bond acceptors (Lipinski definition) is 1. The Morgan fingerprint density at radius 2 is 2.21 bits per heavy atom. The van der Waals surface area contributed by atoms with Gasteiger partial charge < -0.3 is 5.32 Å². The van der Waals surface area contributed by atoms with Crippen molar-refractivity contribution in [2.75, 3.05) is 13.1 Å². The van der Waals surface area contributed by atoms with Crippen LogP contribution in [-0.2, 0) is 6.42 Å². The zero-order valence-corrected chi connectivity index (χ0v) is 8.65. The molecule has 0 aromatic heterocycles. The monoisotopic (exact) mass is 213 g/mol. The lowest BCUT2D eigenvalue weighted by atomic mass is 9.95. The number of nitrogens with one attached hydrogen (secondary N) is 1. The van der Waals surface area contributed by atoms with E-state index in [1.54, 1.807) is 6.07 Å². The Labute approximate surface area is 88.3 Å².